The van der Waals surface area contributed by atoms with Crippen LogP contribution in [0.3, 0.4) is 0 Å². The second kappa shape index (κ2) is 8.02. The molecule has 0 aromatic heterocycles. The predicted molar refractivity (Wildman–Crippen MR) is 75.1 cm³/mol. The zero-order chi connectivity index (χ0) is 15.0. The van der Waals surface area contributed by atoms with Gasteiger partial charge < -0.3 is 10.1 Å². The summed E-state index contributed by atoms with van der Waals surface area (Å²) in [5.74, 6) is -0.171. The highest BCUT2D eigenvalue weighted by molar-refractivity contribution is 5.82. The minimum atomic E-state index is -0.593. The Kier molecular flexibility index (Phi) is 6.68. The Balaban J connectivity index is 2.60. The van der Waals surface area contributed by atoms with E-state index in [0.717, 1.165) is 19.3 Å². The van der Waals surface area contributed by atoms with Gasteiger partial charge in [-0.05, 0) is 19.3 Å². The van der Waals surface area contributed by atoms with Gasteiger partial charge in [-0.2, -0.15) is 0 Å². The predicted octanol–water partition coefficient (Wildman–Crippen LogP) is 2.13. The molecule has 0 saturated heterocycles. The van der Waals surface area contributed by atoms with Gasteiger partial charge in [0.05, 0.1) is 19.1 Å². The number of amides is 1. The standard InChI is InChI=1S/C15H25NO4/c1-3-4-5-6-13(18)16-15(11-14(19)20-2)9-7-12(17)8-10-15/h3-11H2,1-2H3,(H,16,18). The number of nitrogens with one attached hydrogen (secondary N) is 1. The van der Waals surface area contributed by atoms with E-state index in [1.807, 2.05) is 0 Å². The van der Waals surface area contributed by atoms with Crippen LogP contribution in [0.15, 0.2) is 0 Å². The third kappa shape index (κ3) is 5.31. The molecule has 1 rings (SSSR count). The molecule has 0 aromatic carbocycles. The van der Waals surface area contributed by atoms with Crippen LogP contribution in [0.5, 0.6) is 0 Å². The van der Waals surface area contributed by atoms with Crippen LogP contribution in [0.1, 0.15) is 64.7 Å². The lowest BCUT2D eigenvalue weighted by atomic mass is 9.78. The summed E-state index contributed by atoms with van der Waals surface area (Å²) >= 11 is 0. The van der Waals surface area contributed by atoms with Gasteiger partial charge in [0, 0.05) is 19.3 Å². The molecule has 1 saturated carbocycles. The fourth-order valence-electron chi connectivity index (χ4n) is 2.60. The minimum Gasteiger partial charge on any atom is -0.469 e. The van der Waals surface area contributed by atoms with Crippen LogP contribution < -0.4 is 5.32 Å². The van der Waals surface area contributed by atoms with Crippen molar-refractivity contribution in [2.75, 3.05) is 7.11 Å². The Labute approximate surface area is 120 Å². The average Bonchev–Trinajstić information content (AvgIpc) is 2.42. The van der Waals surface area contributed by atoms with Crippen molar-refractivity contribution >= 4 is 17.7 Å². The van der Waals surface area contributed by atoms with E-state index in [4.69, 9.17) is 4.74 Å². The summed E-state index contributed by atoms with van der Waals surface area (Å²) in [6, 6.07) is 0. The van der Waals surface area contributed by atoms with Crippen molar-refractivity contribution in [3.8, 4) is 0 Å². The van der Waals surface area contributed by atoms with Gasteiger partial charge in [-0.1, -0.05) is 19.8 Å². The Hall–Kier alpha value is -1.39. The number of ketones is 1. The summed E-state index contributed by atoms with van der Waals surface area (Å²) in [7, 11) is 1.34. The number of ether oxygens (including phenoxy) is 1. The number of unbranched alkanes of at least 4 members (excludes halogenated alkanes) is 2. The first-order valence-corrected chi connectivity index (χ1v) is 7.41. The number of rotatable bonds is 7. The number of esters is 1. The van der Waals surface area contributed by atoms with E-state index < -0.39 is 5.54 Å². The number of carbonyl (C=O) groups is 3. The van der Waals surface area contributed by atoms with E-state index in [1.54, 1.807) is 0 Å². The SMILES string of the molecule is CCCCCC(=O)NC1(CC(=O)OC)CCC(=O)CC1. The van der Waals surface area contributed by atoms with Crippen molar-refractivity contribution in [1.82, 2.24) is 5.32 Å². The second-order valence-corrected chi connectivity index (χ2v) is 5.58. The third-order valence-electron chi connectivity index (χ3n) is 3.89. The lowest BCUT2D eigenvalue weighted by Gasteiger charge is -2.36. The van der Waals surface area contributed by atoms with Crippen molar-refractivity contribution in [3.05, 3.63) is 0 Å². The lowest BCUT2D eigenvalue weighted by Crippen LogP contribution is -2.52. The molecule has 1 amide bonds. The maximum Gasteiger partial charge on any atom is 0.307 e. The molecular formula is C15H25NO4. The van der Waals surface area contributed by atoms with Crippen molar-refractivity contribution < 1.29 is 19.1 Å². The molecule has 1 fully saturated rings. The van der Waals surface area contributed by atoms with Crippen LogP contribution in [0, 0.1) is 0 Å². The number of carbonyl (C=O) groups excluding carboxylic acids is 3. The molecule has 1 N–H and O–H groups in total. The van der Waals surface area contributed by atoms with Gasteiger partial charge in [-0.3, -0.25) is 14.4 Å². The molecule has 5 nitrogen and oxygen atoms in total. The molecule has 1 aliphatic carbocycles. The zero-order valence-corrected chi connectivity index (χ0v) is 12.5. The first kappa shape index (κ1) is 16.7. The summed E-state index contributed by atoms with van der Waals surface area (Å²) < 4.78 is 4.71. The molecule has 0 bridgehead atoms. The van der Waals surface area contributed by atoms with Crippen LogP contribution >= 0.6 is 0 Å². The largest absolute Gasteiger partial charge is 0.469 e. The van der Waals surface area contributed by atoms with Gasteiger partial charge in [0.15, 0.2) is 0 Å². The summed E-state index contributed by atoms with van der Waals surface area (Å²) in [4.78, 5) is 34.9. The van der Waals surface area contributed by atoms with Gasteiger partial charge in [-0.15, -0.1) is 0 Å². The van der Waals surface area contributed by atoms with Gasteiger partial charge in [0.1, 0.15) is 5.78 Å². The van der Waals surface area contributed by atoms with Crippen LogP contribution in [-0.2, 0) is 19.1 Å². The third-order valence-corrected chi connectivity index (χ3v) is 3.89. The number of hydrogen-bond acceptors (Lipinski definition) is 4. The first-order chi connectivity index (χ1) is 9.51. The number of methoxy groups -OCH3 is 1. The van der Waals surface area contributed by atoms with E-state index in [9.17, 15) is 14.4 Å². The molecule has 20 heavy (non-hydrogen) atoms. The Morgan fingerprint density at radius 1 is 1.25 bits per heavy atom. The molecule has 0 unspecified atom stereocenters. The van der Waals surface area contributed by atoms with Crippen molar-refractivity contribution in [1.29, 1.82) is 0 Å². The Bertz CT molecular complexity index is 355. The van der Waals surface area contributed by atoms with Crippen LogP contribution in [0.2, 0.25) is 0 Å². The molecule has 0 atom stereocenters. The maximum atomic E-state index is 12.0. The molecule has 5 heteroatoms. The van der Waals surface area contributed by atoms with E-state index in [2.05, 4.69) is 12.2 Å². The van der Waals surface area contributed by atoms with E-state index in [0.29, 0.717) is 32.1 Å². The summed E-state index contributed by atoms with van der Waals surface area (Å²) in [5.41, 5.74) is -0.593. The molecule has 0 aliphatic heterocycles. The monoisotopic (exact) mass is 283 g/mol. The molecular weight excluding hydrogens is 258 g/mol. The topological polar surface area (TPSA) is 72.5 Å². The highest BCUT2D eigenvalue weighted by atomic mass is 16.5. The summed E-state index contributed by atoms with van der Waals surface area (Å²) in [6.07, 6.45) is 5.47. The van der Waals surface area contributed by atoms with Gasteiger partial charge in [0.2, 0.25) is 5.91 Å². The van der Waals surface area contributed by atoms with E-state index >= 15 is 0 Å². The highest BCUT2D eigenvalue weighted by Gasteiger charge is 2.38. The first-order valence-electron chi connectivity index (χ1n) is 7.41. The van der Waals surface area contributed by atoms with Crippen molar-refractivity contribution in [2.24, 2.45) is 0 Å². The van der Waals surface area contributed by atoms with Gasteiger partial charge >= 0.3 is 5.97 Å². The second-order valence-electron chi connectivity index (χ2n) is 5.58. The maximum absolute atomic E-state index is 12.0. The summed E-state index contributed by atoms with van der Waals surface area (Å²) in [6.45, 7) is 2.09. The normalized spacial score (nSPS) is 17.6. The summed E-state index contributed by atoms with van der Waals surface area (Å²) in [5, 5.41) is 2.99. The molecule has 0 spiro atoms. The number of hydrogen-bond donors (Lipinski definition) is 1. The molecule has 1 aliphatic rings. The molecule has 0 heterocycles. The molecule has 0 aromatic rings. The minimum absolute atomic E-state index is 0.0308. The van der Waals surface area contributed by atoms with Gasteiger partial charge in [0.25, 0.3) is 0 Å². The van der Waals surface area contributed by atoms with Crippen LogP contribution in [0.4, 0.5) is 0 Å². The van der Waals surface area contributed by atoms with E-state index in [-0.39, 0.29) is 24.1 Å². The lowest BCUT2D eigenvalue weighted by molar-refractivity contribution is -0.144. The fourth-order valence-corrected chi connectivity index (χ4v) is 2.60. The fraction of sp³-hybridized carbons (Fsp3) is 0.800. The Morgan fingerprint density at radius 2 is 1.90 bits per heavy atom. The molecule has 114 valence electrons. The number of Topliss-reactive ketones (excluding diaryl/α,β-unsaturated/α-hetero) is 1. The van der Waals surface area contributed by atoms with Crippen molar-refractivity contribution in [3.63, 3.8) is 0 Å². The smallest absolute Gasteiger partial charge is 0.307 e. The van der Waals surface area contributed by atoms with Gasteiger partial charge in [-0.25, -0.2) is 0 Å². The van der Waals surface area contributed by atoms with Crippen LogP contribution in [0.25, 0.3) is 0 Å². The zero-order valence-electron chi connectivity index (χ0n) is 12.5. The average molecular weight is 283 g/mol. The quantitative estimate of drug-likeness (QED) is 0.574. The molecule has 0 radical (unpaired) electrons. The highest BCUT2D eigenvalue weighted by Crippen LogP contribution is 2.30. The Morgan fingerprint density at radius 3 is 2.45 bits per heavy atom. The van der Waals surface area contributed by atoms with E-state index in [1.165, 1.54) is 7.11 Å². The van der Waals surface area contributed by atoms with Crippen molar-refractivity contribution in [2.45, 2.75) is 70.3 Å². The van der Waals surface area contributed by atoms with Crippen LogP contribution in [-0.4, -0.2) is 30.3 Å².